The zero-order valence-corrected chi connectivity index (χ0v) is 12.7. The Labute approximate surface area is 119 Å². The minimum Gasteiger partial charge on any atom is -0.365 e. The third-order valence-electron chi connectivity index (χ3n) is 3.55. The van der Waals surface area contributed by atoms with Gasteiger partial charge >= 0.3 is 0 Å². The molecule has 102 valence electrons. The van der Waals surface area contributed by atoms with Crippen molar-refractivity contribution in [1.29, 1.82) is 0 Å². The second-order valence-electron chi connectivity index (χ2n) is 4.81. The quantitative estimate of drug-likeness (QED) is 0.899. The van der Waals surface area contributed by atoms with Crippen LogP contribution in [-0.2, 0) is 6.42 Å². The summed E-state index contributed by atoms with van der Waals surface area (Å²) in [6, 6.07) is 13.1. The van der Waals surface area contributed by atoms with Crippen LogP contribution in [0.25, 0.3) is 0 Å². The van der Waals surface area contributed by atoms with Crippen molar-refractivity contribution in [3.63, 3.8) is 0 Å². The van der Waals surface area contributed by atoms with E-state index in [0.29, 0.717) is 6.54 Å². The van der Waals surface area contributed by atoms with Gasteiger partial charge in [0.25, 0.3) is 0 Å². The first-order valence-corrected chi connectivity index (χ1v) is 7.56. The van der Waals surface area contributed by atoms with Crippen LogP contribution >= 0.6 is 11.3 Å². The molecule has 3 heteroatoms. The molecule has 1 heterocycles. The van der Waals surface area contributed by atoms with Crippen LogP contribution in [0.4, 0.5) is 5.69 Å². The highest BCUT2D eigenvalue weighted by Gasteiger charge is 2.18. The molecule has 0 saturated carbocycles. The van der Waals surface area contributed by atoms with E-state index in [1.54, 1.807) is 0 Å². The van der Waals surface area contributed by atoms with E-state index in [4.69, 9.17) is 5.73 Å². The Kier molecular flexibility index (Phi) is 4.61. The van der Waals surface area contributed by atoms with E-state index >= 15 is 0 Å². The van der Waals surface area contributed by atoms with Crippen LogP contribution in [0, 0.1) is 6.92 Å². The molecule has 0 spiro atoms. The summed E-state index contributed by atoms with van der Waals surface area (Å²) in [5, 5.41) is 0. The van der Waals surface area contributed by atoms with Crippen molar-refractivity contribution in [2.45, 2.75) is 26.3 Å². The highest BCUT2D eigenvalue weighted by atomic mass is 32.1. The standard InChI is InChI=1S/C16H22N2S/c1-4-13-9-10-16(19-13)15(11-17)18(3)14-8-6-5-7-12(14)2/h5-10,15H,4,11,17H2,1-3H3. The van der Waals surface area contributed by atoms with Crippen molar-refractivity contribution < 1.29 is 0 Å². The van der Waals surface area contributed by atoms with E-state index in [0.717, 1.165) is 6.42 Å². The van der Waals surface area contributed by atoms with Gasteiger partial charge in [0, 0.05) is 29.0 Å². The number of nitrogens with zero attached hydrogens (tertiary/aromatic N) is 1. The fraction of sp³-hybridized carbons (Fsp3) is 0.375. The molecule has 1 unspecified atom stereocenters. The fourth-order valence-electron chi connectivity index (χ4n) is 2.36. The number of hydrogen-bond donors (Lipinski definition) is 1. The zero-order chi connectivity index (χ0) is 13.8. The smallest absolute Gasteiger partial charge is 0.0754 e. The maximum Gasteiger partial charge on any atom is 0.0754 e. The molecule has 0 aliphatic rings. The van der Waals surface area contributed by atoms with Gasteiger partial charge < -0.3 is 10.6 Å². The normalized spacial score (nSPS) is 12.4. The summed E-state index contributed by atoms with van der Waals surface area (Å²) in [5.74, 6) is 0. The van der Waals surface area contributed by atoms with Gasteiger partial charge in [0.05, 0.1) is 6.04 Å². The van der Waals surface area contributed by atoms with E-state index in [9.17, 15) is 0 Å². The van der Waals surface area contributed by atoms with E-state index in [2.05, 4.69) is 62.2 Å². The summed E-state index contributed by atoms with van der Waals surface area (Å²) in [6.07, 6.45) is 1.09. The van der Waals surface area contributed by atoms with Crippen molar-refractivity contribution >= 4 is 17.0 Å². The number of aryl methyl sites for hydroxylation is 2. The van der Waals surface area contributed by atoms with E-state index in [1.165, 1.54) is 21.0 Å². The molecule has 1 aromatic heterocycles. The van der Waals surface area contributed by atoms with Gasteiger partial charge in [-0.05, 0) is 37.1 Å². The van der Waals surface area contributed by atoms with Crippen molar-refractivity contribution in [2.24, 2.45) is 5.73 Å². The van der Waals surface area contributed by atoms with Crippen molar-refractivity contribution in [1.82, 2.24) is 0 Å². The third-order valence-corrected chi connectivity index (χ3v) is 4.88. The number of nitrogens with two attached hydrogens (primary N) is 1. The molecule has 2 N–H and O–H groups in total. The lowest BCUT2D eigenvalue weighted by atomic mass is 10.1. The number of anilines is 1. The minimum atomic E-state index is 0.256. The average molecular weight is 274 g/mol. The lowest BCUT2D eigenvalue weighted by molar-refractivity contribution is 0.691. The molecule has 0 bridgehead atoms. The summed E-state index contributed by atoms with van der Waals surface area (Å²) in [6.45, 7) is 4.97. The highest BCUT2D eigenvalue weighted by molar-refractivity contribution is 7.12. The van der Waals surface area contributed by atoms with E-state index < -0.39 is 0 Å². The average Bonchev–Trinajstić information content (AvgIpc) is 2.88. The van der Waals surface area contributed by atoms with Gasteiger partial charge in [0.15, 0.2) is 0 Å². The lowest BCUT2D eigenvalue weighted by Crippen LogP contribution is -2.30. The first-order valence-electron chi connectivity index (χ1n) is 6.74. The van der Waals surface area contributed by atoms with Gasteiger partial charge in [-0.3, -0.25) is 0 Å². The van der Waals surface area contributed by atoms with Gasteiger partial charge in [-0.1, -0.05) is 25.1 Å². The summed E-state index contributed by atoms with van der Waals surface area (Å²) in [5.41, 5.74) is 8.55. The number of rotatable bonds is 5. The molecule has 0 aliphatic heterocycles. The molecular formula is C16H22N2S. The maximum atomic E-state index is 6.01. The second kappa shape index (κ2) is 6.22. The first-order chi connectivity index (χ1) is 9.17. The van der Waals surface area contributed by atoms with Crippen LogP contribution in [0.3, 0.4) is 0 Å². The van der Waals surface area contributed by atoms with Crippen LogP contribution in [0.1, 0.15) is 28.3 Å². The van der Waals surface area contributed by atoms with Gasteiger partial charge in [-0.25, -0.2) is 0 Å². The Morgan fingerprint density at radius 3 is 2.53 bits per heavy atom. The molecular weight excluding hydrogens is 252 g/mol. The van der Waals surface area contributed by atoms with Crippen LogP contribution in [0.2, 0.25) is 0 Å². The maximum absolute atomic E-state index is 6.01. The molecule has 2 rings (SSSR count). The third kappa shape index (κ3) is 2.99. The number of para-hydroxylation sites is 1. The highest BCUT2D eigenvalue weighted by Crippen LogP contribution is 2.31. The molecule has 0 fully saturated rings. The van der Waals surface area contributed by atoms with Gasteiger partial charge in [-0.2, -0.15) is 0 Å². The summed E-state index contributed by atoms with van der Waals surface area (Å²) in [7, 11) is 2.13. The largest absolute Gasteiger partial charge is 0.365 e. The molecule has 1 atom stereocenters. The Balaban J connectivity index is 2.29. The van der Waals surface area contributed by atoms with Crippen molar-refractivity contribution in [3.8, 4) is 0 Å². The van der Waals surface area contributed by atoms with Crippen molar-refractivity contribution in [3.05, 3.63) is 51.7 Å². The molecule has 2 nitrogen and oxygen atoms in total. The summed E-state index contributed by atoms with van der Waals surface area (Å²) in [4.78, 5) is 5.07. The van der Waals surface area contributed by atoms with Crippen LogP contribution < -0.4 is 10.6 Å². The lowest BCUT2D eigenvalue weighted by Gasteiger charge is -2.29. The molecule has 0 saturated heterocycles. The molecule has 0 aliphatic carbocycles. The monoisotopic (exact) mass is 274 g/mol. The summed E-state index contributed by atoms with van der Waals surface area (Å²) < 4.78 is 0. The van der Waals surface area contributed by atoms with E-state index in [1.807, 2.05) is 11.3 Å². The van der Waals surface area contributed by atoms with Crippen LogP contribution in [0.5, 0.6) is 0 Å². The molecule has 2 aromatic rings. The van der Waals surface area contributed by atoms with Crippen molar-refractivity contribution in [2.75, 3.05) is 18.5 Å². The number of thiophene rings is 1. The Bertz CT molecular complexity index is 533. The number of benzene rings is 1. The molecule has 19 heavy (non-hydrogen) atoms. The predicted octanol–water partition coefficient (Wildman–Crippen LogP) is 3.76. The first kappa shape index (κ1) is 14.1. The second-order valence-corrected chi connectivity index (χ2v) is 6.01. The molecule has 1 aromatic carbocycles. The number of likely N-dealkylation sites (N-methyl/N-ethyl adjacent to an activating group) is 1. The number of hydrogen-bond acceptors (Lipinski definition) is 3. The van der Waals surface area contributed by atoms with Crippen LogP contribution in [0.15, 0.2) is 36.4 Å². The minimum absolute atomic E-state index is 0.256. The van der Waals surface area contributed by atoms with E-state index in [-0.39, 0.29) is 6.04 Å². The summed E-state index contributed by atoms with van der Waals surface area (Å²) >= 11 is 1.87. The van der Waals surface area contributed by atoms with Gasteiger partial charge in [-0.15, -0.1) is 11.3 Å². The van der Waals surface area contributed by atoms with Gasteiger partial charge in [0.2, 0.25) is 0 Å². The predicted molar refractivity (Wildman–Crippen MR) is 85.1 cm³/mol. The SMILES string of the molecule is CCc1ccc(C(CN)N(C)c2ccccc2C)s1. The Hall–Kier alpha value is -1.32. The Morgan fingerprint density at radius 2 is 1.95 bits per heavy atom. The molecule has 0 radical (unpaired) electrons. The van der Waals surface area contributed by atoms with Gasteiger partial charge in [0.1, 0.15) is 0 Å². The van der Waals surface area contributed by atoms with Crippen LogP contribution in [-0.4, -0.2) is 13.6 Å². The fourth-order valence-corrected chi connectivity index (χ4v) is 3.47. The Morgan fingerprint density at radius 1 is 1.21 bits per heavy atom. The topological polar surface area (TPSA) is 29.3 Å². The molecule has 0 amide bonds. The zero-order valence-electron chi connectivity index (χ0n) is 11.9.